The highest BCUT2D eigenvalue weighted by Gasteiger charge is 2.38. The number of rotatable bonds is 9. The minimum Gasteiger partial charge on any atom is -0.506 e. The van der Waals surface area contributed by atoms with Crippen LogP contribution in [0.5, 0.6) is 11.5 Å². The maximum atomic E-state index is 12.6. The van der Waals surface area contributed by atoms with Crippen molar-refractivity contribution in [1.29, 1.82) is 0 Å². The fourth-order valence-electron chi connectivity index (χ4n) is 4.00. The highest BCUT2D eigenvalue weighted by atomic mass is 32.2. The van der Waals surface area contributed by atoms with E-state index in [0.29, 0.717) is 46.0 Å². The highest BCUT2D eigenvalue weighted by Crippen LogP contribution is 2.42. The van der Waals surface area contributed by atoms with Gasteiger partial charge in [-0.05, 0) is 81.9 Å². The molecule has 1 aliphatic heterocycles. The number of nitrogens with one attached hydrogen (secondary N) is 1. The molecule has 10 heteroatoms. The van der Waals surface area contributed by atoms with Crippen molar-refractivity contribution in [3.63, 3.8) is 0 Å². The van der Waals surface area contributed by atoms with Crippen molar-refractivity contribution < 1.29 is 34.0 Å². The average Bonchev–Trinajstić information content (AvgIpc) is 3.57. The van der Waals surface area contributed by atoms with Crippen molar-refractivity contribution in [2.45, 2.75) is 39.7 Å². The van der Waals surface area contributed by atoms with E-state index in [1.54, 1.807) is 37.3 Å². The summed E-state index contributed by atoms with van der Waals surface area (Å²) in [5.41, 5.74) is 0.710. The average molecular weight is 567 g/mol. The van der Waals surface area contributed by atoms with Crippen LogP contribution >= 0.6 is 11.8 Å². The summed E-state index contributed by atoms with van der Waals surface area (Å²) in [6.07, 6.45) is 2.14. The van der Waals surface area contributed by atoms with Crippen LogP contribution in [-0.4, -0.2) is 52.7 Å². The van der Waals surface area contributed by atoms with E-state index in [9.17, 15) is 19.8 Å². The molecule has 3 N–H and O–H groups in total. The van der Waals surface area contributed by atoms with Crippen LogP contribution in [0, 0.1) is 11.8 Å². The van der Waals surface area contributed by atoms with Crippen LogP contribution < -0.4 is 10.1 Å². The molecule has 0 saturated heterocycles. The maximum absolute atomic E-state index is 12.6. The molecule has 0 bridgehead atoms. The third kappa shape index (κ3) is 7.81. The number of phenolic OH excluding ortho intramolecular Hbond substituents is 1. The first-order valence-corrected chi connectivity index (χ1v) is 13.9. The van der Waals surface area contributed by atoms with E-state index < -0.39 is 17.7 Å². The quantitative estimate of drug-likeness (QED) is 0.310. The molecule has 1 amide bonds. The Balaban J connectivity index is 1.39. The fourth-order valence-corrected chi connectivity index (χ4v) is 5.03. The smallest absolute Gasteiger partial charge is 0.407 e. The number of hydrogen-bond acceptors (Lipinski definition) is 9. The number of carbonyl (C=O) groups is 2. The lowest BCUT2D eigenvalue weighted by Crippen LogP contribution is -2.33. The minimum atomic E-state index is -0.656. The number of benzene rings is 2. The SMILES string of the molecule is CCOC(=O)C1=C(O)/C(=C/c2ccc(OC[C@@H]3C[C@@H]3CNC(=O)OC(C)(C)C)c(O)c2)SC1=Nc1ccccc1. The number of aliphatic hydroxyl groups excluding tert-OH is 1. The summed E-state index contributed by atoms with van der Waals surface area (Å²) < 4.78 is 16.2. The van der Waals surface area contributed by atoms with E-state index in [4.69, 9.17) is 14.2 Å². The molecule has 1 aliphatic carbocycles. The number of para-hydroxylation sites is 1. The number of aliphatic imine (C=N–C) groups is 1. The summed E-state index contributed by atoms with van der Waals surface area (Å²) in [6.45, 7) is 8.24. The number of nitrogens with zero attached hydrogens (tertiary/aromatic N) is 1. The second-order valence-corrected chi connectivity index (χ2v) is 11.5. The van der Waals surface area contributed by atoms with E-state index >= 15 is 0 Å². The number of aromatic hydroxyl groups is 1. The number of phenols is 1. The molecule has 2 aromatic rings. The van der Waals surface area contributed by atoms with Crippen molar-refractivity contribution in [2.75, 3.05) is 19.8 Å². The molecule has 40 heavy (non-hydrogen) atoms. The van der Waals surface area contributed by atoms with Gasteiger partial charge in [-0.25, -0.2) is 14.6 Å². The third-order valence-corrected chi connectivity index (χ3v) is 7.09. The summed E-state index contributed by atoms with van der Waals surface area (Å²) in [5.74, 6) is -0.0153. The van der Waals surface area contributed by atoms with E-state index in [2.05, 4.69) is 10.3 Å². The number of hydrogen-bond donors (Lipinski definition) is 3. The number of esters is 1. The normalized spacial score (nSPS) is 20.5. The molecular weight excluding hydrogens is 532 g/mol. The van der Waals surface area contributed by atoms with E-state index in [1.807, 2.05) is 39.0 Å². The van der Waals surface area contributed by atoms with Gasteiger partial charge in [-0.15, -0.1) is 0 Å². The second-order valence-electron chi connectivity index (χ2n) is 10.5. The van der Waals surface area contributed by atoms with Gasteiger partial charge in [0.15, 0.2) is 11.5 Å². The monoisotopic (exact) mass is 566 g/mol. The van der Waals surface area contributed by atoms with Crippen LogP contribution in [-0.2, 0) is 14.3 Å². The number of amides is 1. The van der Waals surface area contributed by atoms with Gasteiger partial charge in [0.2, 0.25) is 0 Å². The van der Waals surface area contributed by atoms with Crippen molar-refractivity contribution >= 4 is 40.6 Å². The molecule has 2 atom stereocenters. The fraction of sp³-hybridized carbons (Fsp3) is 0.367. The highest BCUT2D eigenvalue weighted by molar-refractivity contribution is 8.18. The molecule has 1 heterocycles. The topological polar surface area (TPSA) is 127 Å². The minimum absolute atomic E-state index is 0.00581. The Bertz CT molecular complexity index is 1350. The summed E-state index contributed by atoms with van der Waals surface area (Å²) in [6, 6.07) is 14.1. The Hall–Kier alpha value is -3.92. The molecule has 1 saturated carbocycles. The maximum Gasteiger partial charge on any atom is 0.407 e. The predicted molar refractivity (Wildman–Crippen MR) is 155 cm³/mol. The van der Waals surface area contributed by atoms with Crippen LogP contribution in [0.2, 0.25) is 0 Å². The van der Waals surface area contributed by atoms with E-state index in [-0.39, 0.29) is 29.6 Å². The molecular formula is C30H34N2O7S. The Morgan fingerprint density at radius 3 is 2.55 bits per heavy atom. The zero-order valence-corrected chi connectivity index (χ0v) is 23.8. The largest absolute Gasteiger partial charge is 0.506 e. The molecule has 212 valence electrons. The molecule has 0 spiro atoms. The van der Waals surface area contributed by atoms with Crippen LogP contribution in [0.15, 0.2) is 69.8 Å². The number of carbonyl (C=O) groups excluding carboxylic acids is 2. The van der Waals surface area contributed by atoms with Crippen LogP contribution in [0.3, 0.4) is 0 Å². The Morgan fingerprint density at radius 1 is 1.12 bits per heavy atom. The lowest BCUT2D eigenvalue weighted by atomic mass is 10.1. The summed E-state index contributed by atoms with van der Waals surface area (Å²) in [7, 11) is 0. The molecule has 1 fully saturated rings. The number of thioether (sulfide) groups is 1. The second kappa shape index (κ2) is 12.5. The molecule has 2 aromatic carbocycles. The van der Waals surface area contributed by atoms with Gasteiger partial charge >= 0.3 is 12.1 Å². The lowest BCUT2D eigenvalue weighted by molar-refractivity contribution is -0.138. The van der Waals surface area contributed by atoms with Gasteiger partial charge in [0, 0.05) is 6.54 Å². The molecule has 0 radical (unpaired) electrons. The van der Waals surface area contributed by atoms with Gasteiger partial charge in [0.05, 0.1) is 23.8 Å². The van der Waals surface area contributed by atoms with Crippen molar-refractivity contribution in [2.24, 2.45) is 16.8 Å². The van der Waals surface area contributed by atoms with Crippen molar-refractivity contribution in [3.05, 3.63) is 70.3 Å². The summed E-state index contributed by atoms with van der Waals surface area (Å²) in [4.78, 5) is 29.4. The first kappa shape index (κ1) is 29.1. The Morgan fingerprint density at radius 2 is 1.88 bits per heavy atom. The molecule has 0 aromatic heterocycles. The third-order valence-electron chi connectivity index (χ3n) is 6.07. The predicted octanol–water partition coefficient (Wildman–Crippen LogP) is 6.12. The first-order chi connectivity index (χ1) is 19.0. The Kier molecular flexibility index (Phi) is 9.09. The number of alkyl carbamates (subject to hydrolysis) is 1. The number of ether oxygens (including phenoxy) is 3. The number of aliphatic hydroxyl groups is 1. The van der Waals surface area contributed by atoms with Gasteiger partial charge in [-0.2, -0.15) is 0 Å². The first-order valence-electron chi connectivity index (χ1n) is 13.1. The van der Waals surface area contributed by atoms with Gasteiger partial charge in [0.1, 0.15) is 22.0 Å². The zero-order chi connectivity index (χ0) is 28.9. The van der Waals surface area contributed by atoms with E-state index in [0.717, 1.165) is 18.2 Å². The molecule has 0 unspecified atom stereocenters. The van der Waals surface area contributed by atoms with Crippen molar-refractivity contribution in [3.8, 4) is 11.5 Å². The van der Waals surface area contributed by atoms with Crippen LogP contribution in [0.1, 0.15) is 39.7 Å². The van der Waals surface area contributed by atoms with Gasteiger partial charge in [-0.3, -0.25) is 0 Å². The van der Waals surface area contributed by atoms with Crippen LogP contribution in [0.25, 0.3) is 6.08 Å². The molecule has 2 aliphatic rings. The standard InChI is InChI=1S/C30H34N2O7S/c1-5-37-28(35)25-26(34)24(40-27(25)32-21-9-7-6-8-10-21)14-18-11-12-23(22(33)13-18)38-17-20-15-19(20)16-31-29(36)39-30(2,3)4/h6-14,19-20,33-34H,5,15-17H2,1-4H3,(H,31,36)/b24-14-,32-27?/t19-,20+/m1/s1. The summed E-state index contributed by atoms with van der Waals surface area (Å²) in [5, 5.41) is 24.6. The zero-order valence-electron chi connectivity index (χ0n) is 23.0. The van der Waals surface area contributed by atoms with E-state index in [1.165, 1.54) is 6.07 Å². The van der Waals surface area contributed by atoms with Gasteiger partial charge < -0.3 is 29.7 Å². The lowest BCUT2D eigenvalue weighted by Gasteiger charge is -2.19. The Labute approximate surface area is 237 Å². The molecule has 4 rings (SSSR count). The van der Waals surface area contributed by atoms with Crippen molar-refractivity contribution in [1.82, 2.24) is 5.32 Å². The molecule has 9 nitrogen and oxygen atoms in total. The van der Waals surface area contributed by atoms with Gasteiger partial charge in [-0.1, -0.05) is 36.0 Å². The summed E-state index contributed by atoms with van der Waals surface area (Å²) >= 11 is 1.15. The van der Waals surface area contributed by atoms with Gasteiger partial charge in [0.25, 0.3) is 0 Å². The van der Waals surface area contributed by atoms with Crippen LogP contribution in [0.4, 0.5) is 10.5 Å².